The van der Waals surface area contributed by atoms with E-state index in [1.165, 1.54) is 0 Å². The summed E-state index contributed by atoms with van der Waals surface area (Å²) in [6, 6.07) is 15.6. The average Bonchev–Trinajstić information content (AvgIpc) is 2.89. The van der Waals surface area contributed by atoms with Crippen molar-refractivity contribution in [1.82, 2.24) is 14.8 Å². The van der Waals surface area contributed by atoms with Gasteiger partial charge in [-0.25, -0.2) is 9.67 Å². The maximum Gasteiger partial charge on any atom is 0.257 e. The predicted octanol–water partition coefficient (Wildman–Crippen LogP) is 3.99. The molecule has 4 rings (SSSR count). The van der Waals surface area contributed by atoms with Crippen molar-refractivity contribution in [2.75, 3.05) is 5.32 Å². The molecule has 124 valence electrons. The van der Waals surface area contributed by atoms with Crippen LogP contribution in [0.25, 0.3) is 21.9 Å². The third-order valence-electron chi connectivity index (χ3n) is 4.46. The van der Waals surface area contributed by atoms with Gasteiger partial charge in [0.05, 0.1) is 10.9 Å². The van der Waals surface area contributed by atoms with E-state index in [2.05, 4.69) is 10.4 Å². The molecule has 0 fully saturated rings. The molecule has 1 N–H and O–H groups in total. The van der Waals surface area contributed by atoms with E-state index in [0.29, 0.717) is 11.4 Å². The number of nitrogens with zero attached hydrogens (tertiary/aromatic N) is 3. The third kappa shape index (κ3) is 2.54. The standard InChI is InChI=1S/C20H18N4O/c1-12-7-4-5-10-15(12)20(25)22-18-16-11-14-9-6-8-13(2)17(14)21-19(16)24(3)23-18/h4-11H,1-3H3,(H,22,23,25). The van der Waals surface area contributed by atoms with Crippen molar-refractivity contribution in [3.63, 3.8) is 0 Å². The first-order chi connectivity index (χ1) is 12.0. The lowest BCUT2D eigenvalue weighted by Gasteiger charge is -2.06. The first-order valence-electron chi connectivity index (χ1n) is 8.14. The van der Waals surface area contributed by atoms with Crippen molar-refractivity contribution in [3.8, 4) is 0 Å². The molecule has 2 aromatic carbocycles. The SMILES string of the molecule is Cc1ccccc1C(=O)Nc1nn(C)c2nc3c(C)cccc3cc12. The van der Waals surface area contributed by atoms with Crippen LogP contribution in [-0.2, 0) is 7.05 Å². The van der Waals surface area contributed by atoms with Crippen LogP contribution in [0.2, 0.25) is 0 Å². The molecule has 0 saturated carbocycles. The highest BCUT2D eigenvalue weighted by molar-refractivity contribution is 6.09. The fourth-order valence-corrected chi connectivity index (χ4v) is 3.10. The van der Waals surface area contributed by atoms with Crippen molar-refractivity contribution in [2.24, 2.45) is 7.05 Å². The van der Waals surface area contributed by atoms with Crippen LogP contribution in [-0.4, -0.2) is 20.7 Å². The lowest BCUT2D eigenvalue weighted by Crippen LogP contribution is -2.14. The molecule has 2 heterocycles. The molecule has 0 spiro atoms. The Morgan fingerprint density at radius 3 is 2.60 bits per heavy atom. The molecule has 0 unspecified atom stereocenters. The van der Waals surface area contributed by atoms with Crippen molar-refractivity contribution in [3.05, 3.63) is 65.2 Å². The van der Waals surface area contributed by atoms with Gasteiger partial charge in [-0.3, -0.25) is 4.79 Å². The zero-order chi connectivity index (χ0) is 17.6. The van der Waals surface area contributed by atoms with Crippen LogP contribution in [0.15, 0.2) is 48.5 Å². The highest BCUT2D eigenvalue weighted by Crippen LogP contribution is 2.27. The monoisotopic (exact) mass is 330 g/mol. The van der Waals surface area contributed by atoms with Crippen LogP contribution in [0.5, 0.6) is 0 Å². The average molecular weight is 330 g/mol. The van der Waals surface area contributed by atoms with Gasteiger partial charge in [-0.15, -0.1) is 0 Å². The Labute approximate surface area is 145 Å². The minimum absolute atomic E-state index is 0.164. The van der Waals surface area contributed by atoms with Gasteiger partial charge >= 0.3 is 0 Å². The minimum Gasteiger partial charge on any atom is -0.304 e. The number of nitrogens with one attached hydrogen (secondary N) is 1. The van der Waals surface area contributed by atoms with Crippen LogP contribution in [0.4, 0.5) is 5.82 Å². The van der Waals surface area contributed by atoms with Gasteiger partial charge in [0.2, 0.25) is 0 Å². The lowest BCUT2D eigenvalue weighted by atomic mass is 10.1. The number of carbonyl (C=O) groups is 1. The number of para-hydroxylation sites is 1. The van der Waals surface area contributed by atoms with Gasteiger partial charge in [-0.2, -0.15) is 5.10 Å². The van der Waals surface area contributed by atoms with Gasteiger partial charge in [0.15, 0.2) is 11.5 Å². The molecule has 0 bridgehead atoms. The number of pyridine rings is 1. The Bertz CT molecular complexity index is 1130. The zero-order valence-corrected chi connectivity index (χ0v) is 14.4. The van der Waals surface area contributed by atoms with Gasteiger partial charge in [-0.1, -0.05) is 36.4 Å². The van der Waals surface area contributed by atoms with Crippen molar-refractivity contribution in [1.29, 1.82) is 0 Å². The number of benzene rings is 2. The molecule has 2 aromatic heterocycles. The first kappa shape index (κ1) is 15.3. The van der Waals surface area contributed by atoms with Crippen LogP contribution in [0.3, 0.4) is 0 Å². The molecule has 0 atom stereocenters. The maximum atomic E-state index is 12.6. The first-order valence-corrected chi connectivity index (χ1v) is 8.14. The molecule has 1 amide bonds. The quantitative estimate of drug-likeness (QED) is 0.604. The summed E-state index contributed by atoms with van der Waals surface area (Å²) in [4.78, 5) is 17.4. The van der Waals surface area contributed by atoms with Crippen molar-refractivity contribution < 1.29 is 4.79 Å². The second kappa shape index (κ2) is 5.70. The molecule has 5 nitrogen and oxygen atoms in total. The van der Waals surface area contributed by atoms with Crippen LogP contribution in [0, 0.1) is 13.8 Å². The fraction of sp³-hybridized carbons (Fsp3) is 0.150. The molecule has 0 radical (unpaired) electrons. The van der Waals surface area contributed by atoms with E-state index in [-0.39, 0.29) is 5.91 Å². The third-order valence-corrected chi connectivity index (χ3v) is 4.46. The summed E-state index contributed by atoms with van der Waals surface area (Å²) in [5, 5.41) is 9.26. The topological polar surface area (TPSA) is 59.8 Å². The number of anilines is 1. The Balaban J connectivity index is 1.83. The molecule has 0 aliphatic rings. The molecule has 0 saturated heterocycles. The molecule has 4 aromatic rings. The largest absolute Gasteiger partial charge is 0.304 e. The minimum atomic E-state index is -0.164. The highest BCUT2D eigenvalue weighted by atomic mass is 16.1. The van der Waals surface area contributed by atoms with E-state index in [9.17, 15) is 4.79 Å². The summed E-state index contributed by atoms with van der Waals surface area (Å²) in [5.74, 6) is 0.365. The van der Waals surface area contributed by atoms with Gasteiger partial charge in [-0.05, 0) is 37.1 Å². The molecule has 25 heavy (non-hydrogen) atoms. The highest BCUT2D eigenvalue weighted by Gasteiger charge is 2.16. The molecule has 0 aliphatic carbocycles. The Kier molecular flexibility index (Phi) is 3.50. The van der Waals surface area contributed by atoms with Gasteiger partial charge in [0.1, 0.15) is 0 Å². The van der Waals surface area contributed by atoms with Gasteiger partial charge in [0, 0.05) is 18.0 Å². The van der Waals surface area contributed by atoms with E-state index in [1.54, 1.807) is 4.68 Å². The summed E-state index contributed by atoms with van der Waals surface area (Å²) in [5.41, 5.74) is 4.40. The van der Waals surface area contributed by atoms with Crippen molar-refractivity contribution in [2.45, 2.75) is 13.8 Å². The number of aromatic nitrogens is 3. The van der Waals surface area contributed by atoms with E-state index in [1.807, 2.05) is 69.4 Å². The van der Waals surface area contributed by atoms with E-state index in [4.69, 9.17) is 4.98 Å². The maximum absolute atomic E-state index is 12.6. The zero-order valence-electron chi connectivity index (χ0n) is 14.4. The fourth-order valence-electron chi connectivity index (χ4n) is 3.10. The summed E-state index contributed by atoms with van der Waals surface area (Å²) in [7, 11) is 1.84. The number of aryl methyl sites for hydroxylation is 3. The summed E-state index contributed by atoms with van der Waals surface area (Å²) < 4.78 is 1.70. The van der Waals surface area contributed by atoms with Crippen LogP contribution < -0.4 is 5.32 Å². The summed E-state index contributed by atoms with van der Waals surface area (Å²) in [6.07, 6.45) is 0. The predicted molar refractivity (Wildman–Crippen MR) is 99.9 cm³/mol. The van der Waals surface area contributed by atoms with Crippen LogP contribution in [0.1, 0.15) is 21.5 Å². The summed E-state index contributed by atoms with van der Waals surface area (Å²) >= 11 is 0. The number of rotatable bonds is 2. The van der Waals surface area contributed by atoms with E-state index >= 15 is 0 Å². The lowest BCUT2D eigenvalue weighted by molar-refractivity contribution is 0.102. The Morgan fingerprint density at radius 2 is 1.80 bits per heavy atom. The second-order valence-electron chi connectivity index (χ2n) is 6.25. The van der Waals surface area contributed by atoms with Crippen LogP contribution >= 0.6 is 0 Å². The number of fused-ring (bicyclic) bond motifs is 2. The van der Waals surface area contributed by atoms with Crippen molar-refractivity contribution >= 4 is 33.7 Å². The number of hydrogen-bond donors (Lipinski definition) is 1. The Morgan fingerprint density at radius 1 is 1.04 bits per heavy atom. The number of carbonyl (C=O) groups excluding carboxylic acids is 1. The molecular formula is C20H18N4O. The second-order valence-corrected chi connectivity index (χ2v) is 6.25. The Hall–Kier alpha value is -3.21. The van der Waals surface area contributed by atoms with Gasteiger partial charge in [0.25, 0.3) is 5.91 Å². The number of amides is 1. The summed E-state index contributed by atoms with van der Waals surface area (Å²) in [6.45, 7) is 3.96. The van der Waals surface area contributed by atoms with E-state index < -0.39 is 0 Å². The van der Waals surface area contributed by atoms with Gasteiger partial charge < -0.3 is 5.32 Å². The number of hydrogen-bond acceptors (Lipinski definition) is 3. The van der Waals surface area contributed by atoms with E-state index in [0.717, 1.165) is 33.1 Å². The smallest absolute Gasteiger partial charge is 0.257 e. The molecule has 0 aliphatic heterocycles. The molecular weight excluding hydrogens is 312 g/mol. The normalized spacial score (nSPS) is 11.2. The molecule has 5 heteroatoms.